The zero-order valence-electron chi connectivity index (χ0n) is 7.16. The van der Waals surface area contributed by atoms with E-state index in [1.807, 2.05) is 6.92 Å². The van der Waals surface area contributed by atoms with Gasteiger partial charge < -0.3 is 10.9 Å². The highest BCUT2D eigenvalue weighted by Gasteiger charge is 2.04. The molecule has 0 spiro atoms. The van der Waals surface area contributed by atoms with E-state index < -0.39 is 0 Å². The van der Waals surface area contributed by atoms with E-state index in [1.54, 1.807) is 12.1 Å². The van der Waals surface area contributed by atoms with Gasteiger partial charge in [0.2, 0.25) is 0 Å². The molecule has 70 valence electrons. The van der Waals surface area contributed by atoms with Gasteiger partial charge in [-0.1, -0.05) is 16.8 Å². The average Bonchev–Trinajstić information content (AvgIpc) is 2.11. The van der Waals surface area contributed by atoms with Crippen LogP contribution in [0.3, 0.4) is 0 Å². The lowest BCUT2D eigenvalue weighted by molar-refractivity contribution is 0.317. The Kier molecular flexibility index (Phi) is 3.08. The van der Waals surface area contributed by atoms with Gasteiger partial charge in [0.05, 0.1) is 17.1 Å². The fourth-order valence-corrected chi connectivity index (χ4v) is 1.10. The fraction of sp³-hybridized carbons (Fsp3) is 0.250. The van der Waals surface area contributed by atoms with Gasteiger partial charge in [0.15, 0.2) is 0 Å². The molecule has 0 aliphatic rings. The number of hydrogen-bond acceptors (Lipinski definition) is 3. The third kappa shape index (κ3) is 2.59. The second-order valence-corrected chi connectivity index (χ2v) is 3.06. The molecule has 0 fully saturated rings. The highest BCUT2D eigenvalue weighted by molar-refractivity contribution is 6.31. The molecule has 0 aromatic carbocycles. The standard InChI is InChI=1S/C8H10ClN3O/c1-5-2-3-6(9)7(11-5)4-8(10)12-13/h2-3,13H,4H2,1H3,(H2,10,12). The molecule has 0 saturated heterocycles. The van der Waals surface area contributed by atoms with Crippen LogP contribution < -0.4 is 5.73 Å². The quantitative estimate of drug-likeness (QED) is 0.327. The van der Waals surface area contributed by atoms with Gasteiger partial charge in [-0.05, 0) is 19.1 Å². The van der Waals surface area contributed by atoms with Crippen LogP contribution >= 0.6 is 11.6 Å². The number of rotatable bonds is 2. The van der Waals surface area contributed by atoms with E-state index in [2.05, 4.69) is 10.1 Å². The third-order valence-electron chi connectivity index (χ3n) is 1.53. The fourth-order valence-electron chi connectivity index (χ4n) is 0.924. The molecule has 1 rings (SSSR count). The summed E-state index contributed by atoms with van der Waals surface area (Å²) < 4.78 is 0. The molecule has 3 N–H and O–H groups in total. The SMILES string of the molecule is Cc1ccc(Cl)c(C/C(N)=N/O)n1. The summed E-state index contributed by atoms with van der Waals surface area (Å²) in [5, 5.41) is 11.7. The van der Waals surface area contributed by atoms with Crippen molar-refractivity contribution < 1.29 is 5.21 Å². The van der Waals surface area contributed by atoms with Crippen LogP contribution in [0.15, 0.2) is 17.3 Å². The predicted octanol–water partition coefficient (Wildman–Crippen LogP) is 1.33. The molecular formula is C8H10ClN3O. The summed E-state index contributed by atoms with van der Waals surface area (Å²) in [6.07, 6.45) is 0.261. The Hall–Kier alpha value is -1.29. The maximum atomic E-state index is 8.35. The average molecular weight is 200 g/mol. The Morgan fingerprint density at radius 1 is 1.69 bits per heavy atom. The molecule has 1 aromatic rings. The summed E-state index contributed by atoms with van der Waals surface area (Å²) in [6.45, 7) is 1.85. The van der Waals surface area contributed by atoms with E-state index in [0.29, 0.717) is 10.7 Å². The van der Waals surface area contributed by atoms with E-state index in [9.17, 15) is 0 Å². The number of aromatic nitrogens is 1. The van der Waals surface area contributed by atoms with E-state index in [4.69, 9.17) is 22.5 Å². The van der Waals surface area contributed by atoms with Crippen LogP contribution in [0.4, 0.5) is 0 Å². The van der Waals surface area contributed by atoms with Crippen LogP contribution in [0.2, 0.25) is 5.02 Å². The molecule has 0 saturated carbocycles. The Morgan fingerprint density at radius 3 is 3.00 bits per heavy atom. The van der Waals surface area contributed by atoms with Crippen LogP contribution in [0.5, 0.6) is 0 Å². The Bertz CT molecular complexity index is 338. The number of halogens is 1. The van der Waals surface area contributed by atoms with Gasteiger partial charge in [-0.2, -0.15) is 0 Å². The van der Waals surface area contributed by atoms with Crippen molar-refractivity contribution in [2.24, 2.45) is 10.9 Å². The van der Waals surface area contributed by atoms with E-state index >= 15 is 0 Å². The summed E-state index contributed by atoms with van der Waals surface area (Å²) in [5.41, 5.74) is 6.80. The van der Waals surface area contributed by atoms with Gasteiger partial charge in [0, 0.05) is 5.69 Å². The number of oxime groups is 1. The summed E-state index contributed by atoms with van der Waals surface area (Å²) in [5.74, 6) is 0.0972. The van der Waals surface area contributed by atoms with Crippen LogP contribution in [-0.2, 0) is 6.42 Å². The van der Waals surface area contributed by atoms with E-state index in [1.165, 1.54) is 0 Å². The molecule has 13 heavy (non-hydrogen) atoms. The number of aryl methyl sites for hydroxylation is 1. The molecule has 0 radical (unpaired) electrons. The molecular weight excluding hydrogens is 190 g/mol. The first-order chi connectivity index (χ1) is 6.13. The summed E-state index contributed by atoms with van der Waals surface area (Å²) >= 11 is 5.84. The first-order valence-corrected chi connectivity index (χ1v) is 4.09. The molecule has 0 aliphatic carbocycles. The lowest BCUT2D eigenvalue weighted by Crippen LogP contribution is -2.16. The summed E-state index contributed by atoms with van der Waals surface area (Å²) in [6, 6.07) is 3.54. The topological polar surface area (TPSA) is 71.5 Å². The van der Waals surface area contributed by atoms with Gasteiger partial charge >= 0.3 is 0 Å². The van der Waals surface area contributed by atoms with Gasteiger partial charge in [-0.3, -0.25) is 4.98 Å². The second kappa shape index (κ2) is 4.09. The van der Waals surface area contributed by atoms with Crippen molar-refractivity contribution in [3.8, 4) is 0 Å². The minimum atomic E-state index is 0.0972. The molecule has 4 nitrogen and oxygen atoms in total. The molecule has 1 heterocycles. The first-order valence-electron chi connectivity index (χ1n) is 3.72. The van der Waals surface area contributed by atoms with Gasteiger partial charge in [-0.25, -0.2) is 0 Å². The lowest BCUT2D eigenvalue weighted by Gasteiger charge is -2.02. The Balaban J connectivity index is 2.94. The largest absolute Gasteiger partial charge is 0.409 e. The number of nitrogens with zero attached hydrogens (tertiary/aromatic N) is 2. The van der Waals surface area contributed by atoms with E-state index in [-0.39, 0.29) is 12.3 Å². The van der Waals surface area contributed by atoms with Crippen LogP contribution in [0.25, 0.3) is 0 Å². The molecule has 0 unspecified atom stereocenters. The molecule has 5 heteroatoms. The lowest BCUT2D eigenvalue weighted by atomic mass is 10.2. The van der Waals surface area contributed by atoms with Crippen LogP contribution in [-0.4, -0.2) is 16.0 Å². The van der Waals surface area contributed by atoms with Crippen molar-refractivity contribution in [1.29, 1.82) is 0 Å². The Morgan fingerprint density at radius 2 is 2.38 bits per heavy atom. The number of hydrogen-bond donors (Lipinski definition) is 2. The zero-order chi connectivity index (χ0) is 9.84. The second-order valence-electron chi connectivity index (χ2n) is 2.65. The highest BCUT2D eigenvalue weighted by Crippen LogP contribution is 2.14. The molecule has 1 aromatic heterocycles. The van der Waals surface area contributed by atoms with Gasteiger partial charge in [0.1, 0.15) is 5.84 Å². The minimum absolute atomic E-state index is 0.0972. The summed E-state index contributed by atoms with van der Waals surface area (Å²) in [7, 11) is 0. The number of amidine groups is 1. The number of nitrogens with two attached hydrogens (primary N) is 1. The van der Waals surface area contributed by atoms with Gasteiger partial charge in [-0.15, -0.1) is 0 Å². The molecule has 0 bridgehead atoms. The van der Waals surface area contributed by atoms with Crippen molar-refractivity contribution in [1.82, 2.24) is 4.98 Å². The normalized spacial score (nSPS) is 11.7. The monoisotopic (exact) mass is 199 g/mol. The van der Waals surface area contributed by atoms with Crippen LogP contribution in [0, 0.1) is 6.92 Å². The van der Waals surface area contributed by atoms with Crippen molar-refractivity contribution in [3.63, 3.8) is 0 Å². The zero-order valence-corrected chi connectivity index (χ0v) is 7.91. The van der Waals surface area contributed by atoms with Crippen LogP contribution in [0.1, 0.15) is 11.4 Å². The Labute approximate surface area is 81.0 Å². The maximum Gasteiger partial charge on any atom is 0.145 e. The summed E-state index contributed by atoms with van der Waals surface area (Å²) in [4.78, 5) is 4.16. The molecule has 0 amide bonds. The number of pyridine rings is 1. The first kappa shape index (κ1) is 9.80. The molecule has 0 aliphatic heterocycles. The van der Waals surface area contributed by atoms with Gasteiger partial charge in [0.25, 0.3) is 0 Å². The third-order valence-corrected chi connectivity index (χ3v) is 1.88. The minimum Gasteiger partial charge on any atom is -0.409 e. The predicted molar refractivity (Wildman–Crippen MR) is 51.1 cm³/mol. The van der Waals surface area contributed by atoms with Crippen molar-refractivity contribution in [2.75, 3.05) is 0 Å². The van der Waals surface area contributed by atoms with E-state index in [0.717, 1.165) is 5.69 Å². The maximum absolute atomic E-state index is 8.35. The van der Waals surface area contributed by atoms with Crippen molar-refractivity contribution in [2.45, 2.75) is 13.3 Å². The van der Waals surface area contributed by atoms with Crippen molar-refractivity contribution in [3.05, 3.63) is 28.5 Å². The highest BCUT2D eigenvalue weighted by atomic mass is 35.5. The molecule has 0 atom stereocenters. The van der Waals surface area contributed by atoms with Crippen molar-refractivity contribution >= 4 is 17.4 Å². The smallest absolute Gasteiger partial charge is 0.145 e.